The van der Waals surface area contributed by atoms with Crippen molar-refractivity contribution in [3.63, 3.8) is 0 Å². The van der Waals surface area contributed by atoms with Crippen LogP contribution >= 0.6 is 0 Å². The van der Waals surface area contributed by atoms with Crippen LogP contribution in [0.1, 0.15) is 0 Å². The number of phenolic OH excluding ortho intramolecular Hbond substituents is 1. The van der Waals surface area contributed by atoms with Gasteiger partial charge in [0.2, 0.25) is 0 Å². The highest BCUT2D eigenvalue weighted by Crippen LogP contribution is 2.24. The summed E-state index contributed by atoms with van der Waals surface area (Å²) >= 11 is 0. The van der Waals surface area contributed by atoms with E-state index >= 15 is 0 Å². The number of aromatic hydroxyl groups is 1. The molecule has 2 nitrogen and oxygen atoms in total. The molecule has 0 atom stereocenters. The average Bonchev–Trinajstić information content (AvgIpc) is 1.95. The Hall–Kier alpha value is -1.25. The zero-order chi connectivity index (χ0) is 7.56. The molecule has 0 fully saturated rings. The number of para-hydroxylation sites is 1. The molecule has 0 bridgehead atoms. The first-order valence-corrected chi connectivity index (χ1v) is 2.91. The van der Waals surface area contributed by atoms with Crippen LogP contribution in [0.25, 0.3) is 0 Å². The highest BCUT2D eigenvalue weighted by atomic mass is 19.1. The summed E-state index contributed by atoms with van der Waals surface area (Å²) in [7, 11) is 1.62. The number of nitrogens with one attached hydrogen (secondary N) is 1. The summed E-state index contributed by atoms with van der Waals surface area (Å²) in [6, 6.07) is 4.33. The lowest BCUT2D eigenvalue weighted by molar-refractivity contribution is 0.435. The van der Waals surface area contributed by atoms with E-state index in [1.807, 2.05) is 0 Å². The summed E-state index contributed by atoms with van der Waals surface area (Å²) in [5.74, 6) is -0.933. The molecule has 0 unspecified atom stereocenters. The maximum Gasteiger partial charge on any atom is 0.174 e. The van der Waals surface area contributed by atoms with Crippen LogP contribution in [0, 0.1) is 5.82 Å². The first-order valence-electron chi connectivity index (χ1n) is 2.91. The highest BCUT2D eigenvalue weighted by Gasteiger charge is 2.02. The van der Waals surface area contributed by atoms with Crippen LogP contribution in [-0.4, -0.2) is 12.2 Å². The summed E-state index contributed by atoms with van der Waals surface area (Å²) in [6.07, 6.45) is 0. The Balaban J connectivity index is 3.14. The molecule has 10 heavy (non-hydrogen) atoms. The van der Waals surface area contributed by atoms with E-state index in [0.29, 0.717) is 5.69 Å². The van der Waals surface area contributed by atoms with E-state index in [1.54, 1.807) is 13.1 Å². The number of hydrogen-bond donors (Lipinski definition) is 2. The number of halogens is 1. The van der Waals surface area contributed by atoms with Crippen LogP contribution in [0.5, 0.6) is 5.75 Å². The van der Waals surface area contributed by atoms with Crippen molar-refractivity contribution in [3.8, 4) is 5.75 Å². The Morgan fingerprint density at radius 1 is 1.50 bits per heavy atom. The molecule has 3 heteroatoms. The highest BCUT2D eigenvalue weighted by molar-refractivity contribution is 5.55. The summed E-state index contributed by atoms with van der Waals surface area (Å²) in [5, 5.41) is 11.6. The molecular weight excluding hydrogens is 133 g/mol. The van der Waals surface area contributed by atoms with Gasteiger partial charge in [-0.2, -0.15) is 0 Å². The van der Waals surface area contributed by atoms with Crippen molar-refractivity contribution in [3.05, 3.63) is 24.0 Å². The Morgan fingerprint density at radius 3 is 2.70 bits per heavy atom. The fourth-order valence-corrected chi connectivity index (χ4v) is 0.717. The van der Waals surface area contributed by atoms with Crippen molar-refractivity contribution in [1.29, 1.82) is 0 Å². The molecule has 0 aliphatic rings. The number of hydrogen-bond acceptors (Lipinski definition) is 2. The van der Waals surface area contributed by atoms with Crippen LogP contribution in [0.2, 0.25) is 0 Å². The molecule has 1 aromatic carbocycles. The number of benzene rings is 1. The van der Waals surface area contributed by atoms with Gasteiger partial charge in [-0.15, -0.1) is 0 Å². The molecule has 2 N–H and O–H groups in total. The Kier molecular flexibility index (Phi) is 1.76. The smallest absolute Gasteiger partial charge is 0.174 e. The van der Waals surface area contributed by atoms with Crippen molar-refractivity contribution in [2.24, 2.45) is 0 Å². The molecule has 0 aliphatic heterocycles. The van der Waals surface area contributed by atoms with Crippen molar-refractivity contribution < 1.29 is 9.50 Å². The molecule has 1 rings (SSSR count). The fourth-order valence-electron chi connectivity index (χ4n) is 0.717. The first kappa shape index (κ1) is 6.86. The van der Waals surface area contributed by atoms with Crippen LogP contribution < -0.4 is 5.32 Å². The van der Waals surface area contributed by atoms with E-state index in [1.165, 1.54) is 12.1 Å². The third-order valence-electron chi connectivity index (χ3n) is 1.26. The number of rotatable bonds is 1. The number of anilines is 1. The molecule has 0 heterocycles. The van der Waals surface area contributed by atoms with Crippen LogP contribution in [0.3, 0.4) is 0 Å². The summed E-state index contributed by atoms with van der Waals surface area (Å²) in [4.78, 5) is 0. The lowest BCUT2D eigenvalue weighted by atomic mass is 10.3. The zero-order valence-electron chi connectivity index (χ0n) is 5.56. The van der Waals surface area contributed by atoms with Crippen molar-refractivity contribution in [2.75, 3.05) is 12.4 Å². The lowest BCUT2D eigenvalue weighted by Crippen LogP contribution is -1.89. The van der Waals surface area contributed by atoms with E-state index in [2.05, 4.69) is 5.32 Å². The van der Waals surface area contributed by atoms with Gasteiger partial charge in [0, 0.05) is 7.05 Å². The van der Waals surface area contributed by atoms with E-state index in [9.17, 15) is 4.39 Å². The maximum atomic E-state index is 12.5. The van der Waals surface area contributed by atoms with Gasteiger partial charge < -0.3 is 10.4 Å². The zero-order valence-corrected chi connectivity index (χ0v) is 5.56. The van der Waals surface area contributed by atoms with Crippen molar-refractivity contribution in [1.82, 2.24) is 0 Å². The maximum absolute atomic E-state index is 12.5. The van der Waals surface area contributed by atoms with Gasteiger partial charge in [-0.1, -0.05) is 6.07 Å². The first-order chi connectivity index (χ1) is 4.75. The molecular formula is C7H8FNO. The lowest BCUT2D eigenvalue weighted by Gasteiger charge is -2.01. The van der Waals surface area contributed by atoms with Gasteiger partial charge in [0.15, 0.2) is 11.6 Å². The second-order valence-electron chi connectivity index (χ2n) is 1.89. The molecule has 0 aliphatic carbocycles. The Bertz CT molecular complexity index is 237. The molecule has 0 spiro atoms. The average molecular weight is 141 g/mol. The standard InChI is InChI=1S/C7H8FNO/c1-9-6-4-2-3-5(8)7(6)10/h2-4,9-10H,1H3. The Labute approximate surface area is 58.3 Å². The fraction of sp³-hybridized carbons (Fsp3) is 0.143. The predicted molar refractivity (Wildman–Crippen MR) is 37.6 cm³/mol. The third-order valence-corrected chi connectivity index (χ3v) is 1.26. The summed E-state index contributed by atoms with van der Waals surface area (Å²) in [6.45, 7) is 0. The SMILES string of the molecule is CNc1cccc(F)c1O. The molecule has 0 saturated heterocycles. The van der Waals surface area contributed by atoms with Gasteiger partial charge in [0.05, 0.1) is 5.69 Å². The quantitative estimate of drug-likeness (QED) is 0.582. The second kappa shape index (κ2) is 2.56. The predicted octanol–water partition coefficient (Wildman–Crippen LogP) is 1.57. The van der Waals surface area contributed by atoms with E-state index in [0.717, 1.165) is 0 Å². The van der Waals surface area contributed by atoms with E-state index in [4.69, 9.17) is 5.11 Å². The normalized spacial score (nSPS) is 9.40. The largest absolute Gasteiger partial charge is 0.503 e. The molecule has 0 amide bonds. The minimum Gasteiger partial charge on any atom is -0.503 e. The van der Waals surface area contributed by atoms with Gasteiger partial charge in [-0.25, -0.2) is 4.39 Å². The summed E-state index contributed by atoms with van der Waals surface area (Å²) < 4.78 is 12.5. The topological polar surface area (TPSA) is 32.3 Å². The van der Waals surface area contributed by atoms with Crippen LogP contribution in [0.4, 0.5) is 10.1 Å². The summed E-state index contributed by atoms with van der Waals surface area (Å²) in [5.41, 5.74) is 0.403. The van der Waals surface area contributed by atoms with Crippen LogP contribution in [-0.2, 0) is 0 Å². The van der Waals surface area contributed by atoms with Gasteiger partial charge in [0.1, 0.15) is 0 Å². The van der Waals surface area contributed by atoms with E-state index < -0.39 is 5.82 Å². The molecule has 1 aromatic rings. The van der Waals surface area contributed by atoms with Crippen LogP contribution in [0.15, 0.2) is 18.2 Å². The molecule has 54 valence electrons. The van der Waals surface area contributed by atoms with Crippen molar-refractivity contribution in [2.45, 2.75) is 0 Å². The molecule has 0 aromatic heterocycles. The minimum atomic E-state index is -0.605. The number of phenols is 1. The third kappa shape index (κ3) is 1.03. The molecule has 0 saturated carbocycles. The van der Waals surface area contributed by atoms with Crippen molar-refractivity contribution >= 4 is 5.69 Å². The minimum absolute atomic E-state index is 0.329. The van der Waals surface area contributed by atoms with Gasteiger partial charge in [0.25, 0.3) is 0 Å². The Morgan fingerprint density at radius 2 is 2.20 bits per heavy atom. The van der Waals surface area contributed by atoms with Gasteiger partial charge in [-0.05, 0) is 12.1 Å². The monoisotopic (exact) mass is 141 g/mol. The molecule has 0 radical (unpaired) electrons. The van der Waals surface area contributed by atoms with Gasteiger partial charge >= 0.3 is 0 Å². The second-order valence-corrected chi connectivity index (χ2v) is 1.89. The van der Waals surface area contributed by atoms with E-state index in [-0.39, 0.29) is 5.75 Å². The van der Waals surface area contributed by atoms with Gasteiger partial charge in [-0.3, -0.25) is 0 Å².